The second-order valence-corrected chi connectivity index (χ2v) is 5.01. The van der Waals surface area contributed by atoms with Crippen molar-refractivity contribution in [2.45, 2.75) is 4.90 Å². The Labute approximate surface area is 102 Å². The molecule has 2 rings (SSSR count). The van der Waals surface area contributed by atoms with Crippen LogP contribution in [-0.2, 0) is 0 Å². The van der Waals surface area contributed by atoms with Gasteiger partial charge < -0.3 is 4.74 Å². The molecule has 0 saturated carbocycles. The van der Waals surface area contributed by atoms with Crippen molar-refractivity contribution >= 4 is 29.4 Å². The summed E-state index contributed by atoms with van der Waals surface area (Å²) < 4.78 is 5.61. The van der Waals surface area contributed by atoms with Crippen LogP contribution in [0.2, 0.25) is 0 Å². The third-order valence-electron chi connectivity index (χ3n) is 2.00. The molecule has 0 aliphatic heterocycles. The van der Waals surface area contributed by atoms with E-state index in [1.807, 2.05) is 30.5 Å². The zero-order valence-electron chi connectivity index (χ0n) is 8.67. The number of aldehydes is 1. The van der Waals surface area contributed by atoms with Crippen LogP contribution < -0.4 is 4.74 Å². The van der Waals surface area contributed by atoms with Crippen molar-refractivity contribution in [1.82, 2.24) is 0 Å². The van der Waals surface area contributed by atoms with E-state index in [9.17, 15) is 4.79 Å². The van der Waals surface area contributed by atoms with E-state index in [2.05, 4.69) is 0 Å². The molecule has 0 fully saturated rings. The first-order valence-corrected chi connectivity index (χ1v) is 6.73. The maximum atomic E-state index is 10.5. The molecule has 2 nitrogen and oxygen atoms in total. The second kappa shape index (κ2) is 5.18. The summed E-state index contributed by atoms with van der Waals surface area (Å²) in [5.74, 6) is 0.789. The molecule has 0 aliphatic carbocycles. The number of hydrogen-bond acceptors (Lipinski definition) is 4. The normalized spacial score (nSPS) is 10.1. The second-order valence-electron chi connectivity index (χ2n) is 3.05. The Morgan fingerprint density at radius 1 is 1.19 bits per heavy atom. The van der Waals surface area contributed by atoms with Gasteiger partial charge in [0.25, 0.3) is 0 Å². The van der Waals surface area contributed by atoms with Gasteiger partial charge in [-0.1, -0.05) is 11.3 Å². The molecule has 0 aliphatic rings. The molecule has 1 aromatic heterocycles. The van der Waals surface area contributed by atoms with Crippen molar-refractivity contribution in [2.24, 2.45) is 0 Å². The zero-order chi connectivity index (χ0) is 11.4. The third-order valence-corrected chi connectivity index (χ3v) is 3.63. The van der Waals surface area contributed by atoms with Gasteiger partial charge in [0.1, 0.15) is 5.75 Å². The van der Waals surface area contributed by atoms with Gasteiger partial charge in [-0.25, -0.2) is 0 Å². The molecule has 82 valence electrons. The lowest BCUT2D eigenvalue weighted by Gasteiger charge is -2.02. The van der Waals surface area contributed by atoms with E-state index in [0.29, 0.717) is 4.88 Å². The fourth-order valence-corrected chi connectivity index (χ4v) is 2.31. The first-order chi connectivity index (χ1) is 7.81. The molecule has 0 amide bonds. The number of ether oxygens (including phenoxy) is 1. The minimum Gasteiger partial charge on any atom is -0.447 e. The van der Waals surface area contributed by atoms with Gasteiger partial charge in [0.15, 0.2) is 11.3 Å². The number of thiophene rings is 1. The summed E-state index contributed by atoms with van der Waals surface area (Å²) in [5.41, 5.74) is 0. The summed E-state index contributed by atoms with van der Waals surface area (Å²) in [5, 5.41) is 0.735. The van der Waals surface area contributed by atoms with E-state index in [4.69, 9.17) is 4.74 Å². The van der Waals surface area contributed by atoms with Crippen LogP contribution in [0, 0.1) is 0 Å². The maximum absolute atomic E-state index is 10.5. The van der Waals surface area contributed by atoms with Crippen molar-refractivity contribution in [3.05, 3.63) is 41.3 Å². The van der Waals surface area contributed by atoms with Crippen LogP contribution in [0.15, 0.2) is 41.3 Å². The van der Waals surface area contributed by atoms with Gasteiger partial charge in [-0.15, -0.1) is 11.8 Å². The zero-order valence-corrected chi connectivity index (χ0v) is 10.3. The predicted molar refractivity (Wildman–Crippen MR) is 68.0 cm³/mol. The summed E-state index contributed by atoms with van der Waals surface area (Å²) in [6.45, 7) is 0. The number of benzene rings is 1. The lowest BCUT2D eigenvalue weighted by Crippen LogP contribution is -1.79. The smallest absolute Gasteiger partial charge is 0.181 e. The molecular formula is C12H10O2S2. The summed E-state index contributed by atoms with van der Waals surface area (Å²) in [4.78, 5) is 12.4. The number of thioether (sulfide) groups is 1. The molecule has 0 spiro atoms. The van der Waals surface area contributed by atoms with Gasteiger partial charge in [0.2, 0.25) is 0 Å². The summed E-state index contributed by atoms with van der Waals surface area (Å²) in [6.07, 6.45) is 2.86. The van der Waals surface area contributed by atoms with Gasteiger partial charge >= 0.3 is 0 Å². The molecule has 4 heteroatoms. The number of carbonyl (C=O) groups excluding carboxylic acids is 1. The number of rotatable bonds is 4. The van der Waals surface area contributed by atoms with Crippen molar-refractivity contribution in [3.63, 3.8) is 0 Å². The molecule has 16 heavy (non-hydrogen) atoms. The highest BCUT2D eigenvalue weighted by molar-refractivity contribution is 7.98. The maximum Gasteiger partial charge on any atom is 0.181 e. The molecule has 0 radical (unpaired) electrons. The highest BCUT2D eigenvalue weighted by Crippen LogP contribution is 2.29. The SMILES string of the molecule is CSc1ccc(Oc2ccc(C=O)s2)cc1. The third kappa shape index (κ3) is 2.65. The molecular weight excluding hydrogens is 240 g/mol. The van der Waals surface area contributed by atoms with Crippen LogP contribution in [0.3, 0.4) is 0 Å². The van der Waals surface area contributed by atoms with Gasteiger partial charge in [-0.05, 0) is 42.7 Å². The molecule has 0 atom stereocenters. The Morgan fingerprint density at radius 2 is 1.94 bits per heavy atom. The molecule has 0 saturated heterocycles. The Morgan fingerprint density at radius 3 is 2.50 bits per heavy atom. The van der Waals surface area contributed by atoms with Crippen molar-refractivity contribution in [1.29, 1.82) is 0 Å². The van der Waals surface area contributed by atoms with E-state index < -0.39 is 0 Å². The fraction of sp³-hybridized carbons (Fsp3) is 0.0833. The Hall–Kier alpha value is -1.26. The molecule has 0 N–H and O–H groups in total. The van der Waals surface area contributed by atoms with Crippen molar-refractivity contribution < 1.29 is 9.53 Å². The van der Waals surface area contributed by atoms with Crippen molar-refractivity contribution in [3.8, 4) is 10.8 Å². The van der Waals surface area contributed by atoms with E-state index in [1.54, 1.807) is 23.9 Å². The minimum atomic E-state index is 0.677. The van der Waals surface area contributed by atoms with Crippen LogP contribution in [-0.4, -0.2) is 12.5 Å². The minimum absolute atomic E-state index is 0.677. The molecule has 0 unspecified atom stereocenters. The average Bonchev–Trinajstić information content (AvgIpc) is 2.78. The average molecular weight is 250 g/mol. The highest BCUT2D eigenvalue weighted by atomic mass is 32.2. The topological polar surface area (TPSA) is 26.3 Å². The largest absolute Gasteiger partial charge is 0.447 e. The summed E-state index contributed by atoms with van der Waals surface area (Å²) >= 11 is 3.03. The van der Waals surface area contributed by atoms with Gasteiger partial charge in [-0.3, -0.25) is 4.79 Å². The predicted octanol–water partition coefficient (Wildman–Crippen LogP) is 4.07. The first-order valence-electron chi connectivity index (χ1n) is 4.69. The van der Waals surface area contributed by atoms with Crippen LogP contribution in [0.4, 0.5) is 0 Å². The molecule has 0 bridgehead atoms. The summed E-state index contributed by atoms with van der Waals surface area (Å²) in [6, 6.07) is 11.4. The van der Waals surface area contributed by atoms with Crippen LogP contribution in [0.5, 0.6) is 10.8 Å². The molecule has 2 aromatic rings. The van der Waals surface area contributed by atoms with Crippen LogP contribution >= 0.6 is 23.1 Å². The van der Waals surface area contributed by atoms with Crippen LogP contribution in [0.25, 0.3) is 0 Å². The lowest BCUT2D eigenvalue weighted by atomic mass is 10.3. The van der Waals surface area contributed by atoms with Gasteiger partial charge in [0.05, 0.1) is 4.88 Å². The Balaban J connectivity index is 2.10. The van der Waals surface area contributed by atoms with Gasteiger partial charge in [-0.2, -0.15) is 0 Å². The first kappa shape index (κ1) is 11.2. The quantitative estimate of drug-likeness (QED) is 0.604. The molecule has 1 aromatic carbocycles. The Bertz CT molecular complexity index is 474. The molecule has 1 heterocycles. The summed E-state index contributed by atoms with van der Waals surface area (Å²) in [7, 11) is 0. The fourth-order valence-electron chi connectivity index (χ4n) is 1.21. The highest BCUT2D eigenvalue weighted by Gasteiger charge is 2.01. The van der Waals surface area contributed by atoms with Crippen LogP contribution in [0.1, 0.15) is 9.67 Å². The Kier molecular flexibility index (Phi) is 3.64. The van der Waals surface area contributed by atoms with Crippen molar-refractivity contribution in [2.75, 3.05) is 6.26 Å². The number of carbonyl (C=O) groups is 1. The van der Waals surface area contributed by atoms with E-state index in [-0.39, 0.29) is 0 Å². The standard InChI is InChI=1S/C12H10O2S2/c1-15-10-4-2-9(3-5-10)14-12-7-6-11(8-13)16-12/h2-8H,1H3. The van der Waals surface area contributed by atoms with E-state index in [0.717, 1.165) is 17.1 Å². The van der Waals surface area contributed by atoms with E-state index >= 15 is 0 Å². The lowest BCUT2D eigenvalue weighted by molar-refractivity contribution is 0.112. The van der Waals surface area contributed by atoms with E-state index in [1.165, 1.54) is 16.2 Å². The van der Waals surface area contributed by atoms with Gasteiger partial charge in [0, 0.05) is 4.90 Å². The monoisotopic (exact) mass is 250 g/mol. The number of hydrogen-bond donors (Lipinski definition) is 0.